The van der Waals surface area contributed by atoms with E-state index in [1.165, 1.54) is 10.9 Å². The Morgan fingerprint density at radius 1 is 1.00 bits per heavy atom. The molecular weight excluding hydrogens is 214 g/mol. The molecule has 1 heterocycles. The molecule has 0 saturated carbocycles. The molecule has 0 saturated heterocycles. The summed E-state index contributed by atoms with van der Waals surface area (Å²) in [5, 5.41) is 1.29. The number of aromatic nitrogens is 1. The molecule has 1 aromatic heterocycles. The van der Waals surface area contributed by atoms with Crippen LogP contribution < -0.4 is 21.5 Å². The summed E-state index contributed by atoms with van der Waals surface area (Å²) >= 11 is 0. The fourth-order valence-electron chi connectivity index (χ4n) is 1.31. The maximum absolute atomic E-state index is 2.12. The first-order chi connectivity index (χ1) is 5.38. The van der Waals surface area contributed by atoms with E-state index in [2.05, 4.69) is 54.2 Å². The zero-order valence-electron chi connectivity index (χ0n) is 6.87. The van der Waals surface area contributed by atoms with Crippen LogP contribution in [0, 0.1) is 0 Å². The lowest BCUT2D eigenvalue weighted by Gasteiger charge is -1.93. The minimum absolute atomic E-state index is 0. The monoisotopic (exact) mass is 223 g/mol. The van der Waals surface area contributed by atoms with E-state index in [4.69, 9.17) is 0 Å². The van der Waals surface area contributed by atoms with Crippen molar-refractivity contribution >= 4 is 10.9 Å². The first-order valence-electron chi connectivity index (χ1n) is 3.71. The van der Waals surface area contributed by atoms with Crippen LogP contribution in [0.15, 0.2) is 42.6 Å². The van der Waals surface area contributed by atoms with E-state index < -0.39 is 0 Å². The third-order valence-corrected chi connectivity index (χ3v) is 1.90. The van der Waals surface area contributed by atoms with E-state index in [0.29, 0.717) is 0 Å². The Morgan fingerprint density at radius 3 is 2.42 bits per heavy atom. The number of hydrogen-bond donors (Lipinski definition) is 0. The SMILES string of the molecule is C[n+]1cccc2ccccc21.[Br-]. The van der Waals surface area contributed by atoms with E-state index in [0.717, 1.165) is 0 Å². The Hall–Kier alpha value is -0.890. The van der Waals surface area contributed by atoms with E-state index >= 15 is 0 Å². The maximum atomic E-state index is 2.12. The molecule has 0 spiro atoms. The number of para-hydroxylation sites is 1. The van der Waals surface area contributed by atoms with Crippen molar-refractivity contribution < 1.29 is 21.5 Å². The van der Waals surface area contributed by atoms with Crippen molar-refractivity contribution in [2.24, 2.45) is 7.05 Å². The minimum Gasteiger partial charge on any atom is -1.00 e. The van der Waals surface area contributed by atoms with Crippen LogP contribution in [0.5, 0.6) is 0 Å². The van der Waals surface area contributed by atoms with Crippen molar-refractivity contribution in [2.75, 3.05) is 0 Å². The highest BCUT2D eigenvalue weighted by Crippen LogP contribution is 2.06. The zero-order chi connectivity index (χ0) is 7.68. The summed E-state index contributed by atoms with van der Waals surface area (Å²) in [6.45, 7) is 0. The second kappa shape index (κ2) is 3.68. The Kier molecular flexibility index (Phi) is 2.82. The second-order valence-electron chi connectivity index (χ2n) is 2.68. The van der Waals surface area contributed by atoms with Gasteiger partial charge in [0.15, 0.2) is 6.20 Å². The van der Waals surface area contributed by atoms with Gasteiger partial charge in [-0.3, -0.25) is 0 Å². The Balaban J connectivity index is 0.000000720. The number of pyridine rings is 1. The van der Waals surface area contributed by atoms with E-state index in [1.54, 1.807) is 0 Å². The molecule has 0 atom stereocenters. The molecule has 0 amide bonds. The summed E-state index contributed by atoms with van der Waals surface area (Å²) in [6.07, 6.45) is 2.06. The van der Waals surface area contributed by atoms with Gasteiger partial charge in [-0.1, -0.05) is 12.1 Å². The lowest BCUT2D eigenvalue weighted by Crippen LogP contribution is -3.00. The second-order valence-corrected chi connectivity index (χ2v) is 2.68. The van der Waals surface area contributed by atoms with E-state index in [-0.39, 0.29) is 17.0 Å². The first-order valence-corrected chi connectivity index (χ1v) is 3.71. The number of benzene rings is 1. The average molecular weight is 224 g/mol. The van der Waals surface area contributed by atoms with Gasteiger partial charge in [0, 0.05) is 17.5 Å². The molecule has 62 valence electrons. The van der Waals surface area contributed by atoms with Crippen LogP contribution in [0.3, 0.4) is 0 Å². The Morgan fingerprint density at radius 2 is 1.67 bits per heavy atom. The molecule has 0 bridgehead atoms. The smallest absolute Gasteiger partial charge is 0.212 e. The number of nitrogens with zero attached hydrogens (tertiary/aromatic N) is 1. The highest BCUT2D eigenvalue weighted by Gasteiger charge is 1.99. The van der Waals surface area contributed by atoms with E-state index in [9.17, 15) is 0 Å². The molecule has 0 aliphatic carbocycles. The van der Waals surface area contributed by atoms with Crippen LogP contribution >= 0.6 is 0 Å². The Bertz CT molecular complexity index is 379. The Labute approximate surface area is 82.4 Å². The number of hydrogen-bond acceptors (Lipinski definition) is 0. The number of aryl methyl sites for hydroxylation is 1. The molecular formula is C10H10BrN. The highest BCUT2D eigenvalue weighted by molar-refractivity contribution is 5.74. The molecule has 2 aromatic rings. The van der Waals surface area contributed by atoms with Gasteiger partial charge in [-0.25, -0.2) is 4.57 Å². The number of halogens is 1. The molecule has 0 N–H and O–H groups in total. The van der Waals surface area contributed by atoms with Gasteiger partial charge in [0.25, 0.3) is 0 Å². The van der Waals surface area contributed by atoms with Gasteiger partial charge in [0.05, 0.1) is 0 Å². The van der Waals surface area contributed by atoms with Gasteiger partial charge in [-0.05, 0) is 12.1 Å². The van der Waals surface area contributed by atoms with Crippen LogP contribution in [0.25, 0.3) is 10.9 Å². The average Bonchev–Trinajstić information content (AvgIpc) is 2.06. The van der Waals surface area contributed by atoms with Crippen LogP contribution in [0.1, 0.15) is 0 Å². The van der Waals surface area contributed by atoms with Crippen molar-refractivity contribution in [1.29, 1.82) is 0 Å². The highest BCUT2D eigenvalue weighted by atomic mass is 79.9. The summed E-state index contributed by atoms with van der Waals surface area (Å²) in [7, 11) is 2.06. The van der Waals surface area contributed by atoms with Crippen molar-refractivity contribution in [3.63, 3.8) is 0 Å². The van der Waals surface area contributed by atoms with Crippen LogP contribution in [0.2, 0.25) is 0 Å². The van der Waals surface area contributed by atoms with Gasteiger partial charge in [0.1, 0.15) is 7.05 Å². The summed E-state index contributed by atoms with van der Waals surface area (Å²) in [4.78, 5) is 0. The predicted octanol–water partition coefficient (Wildman–Crippen LogP) is -1.33. The lowest BCUT2D eigenvalue weighted by molar-refractivity contribution is -0.644. The van der Waals surface area contributed by atoms with Gasteiger partial charge in [0.2, 0.25) is 5.52 Å². The van der Waals surface area contributed by atoms with Crippen LogP contribution in [0.4, 0.5) is 0 Å². The largest absolute Gasteiger partial charge is 1.00 e. The normalized spacial score (nSPS) is 9.42. The van der Waals surface area contributed by atoms with Gasteiger partial charge in [-0.2, -0.15) is 0 Å². The summed E-state index contributed by atoms with van der Waals surface area (Å²) in [5.74, 6) is 0. The molecule has 2 heteroatoms. The molecule has 0 fully saturated rings. The summed E-state index contributed by atoms with van der Waals surface area (Å²) in [6, 6.07) is 12.5. The molecule has 0 aliphatic heterocycles. The number of rotatable bonds is 0. The molecule has 0 aliphatic rings. The van der Waals surface area contributed by atoms with Crippen molar-refractivity contribution in [2.45, 2.75) is 0 Å². The summed E-state index contributed by atoms with van der Waals surface area (Å²) in [5.41, 5.74) is 1.27. The van der Waals surface area contributed by atoms with Crippen molar-refractivity contribution in [3.05, 3.63) is 42.6 Å². The third-order valence-electron chi connectivity index (χ3n) is 1.90. The molecule has 12 heavy (non-hydrogen) atoms. The van der Waals surface area contributed by atoms with E-state index in [1.807, 2.05) is 0 Å². The fraction of sp³-hybridized carbons (Fsp3) is 0.100. The minimum atomic E-state index is 0. The third kappa shape index (κ3) is 1.48. The summed E-state index contributed by atoms with van der Waals surface area (Å²) < 4.78 is 2.12. The number of fused-ring (bicyclic) bond motifs is 1. The quantitative estimate of drug-likeness (QED) is 0.488. The maximum Gasteiger partial charge on any atom is 0.212 e. The molecule has 2 rings (SSSR count). The predicted molar refractivity (Wildman–Crippen MR) is 45.1 cm³/mol. The fourth-order valence-corrected chi connectivity index (χ4v) is 1.31. The molecule has 1 nitrogen and oxygen atoms in total. The van der Waals surface area contributed by atoms with Gasteiger partial charge in [-0.15, -0.1) is 0 Å². The first kappa shape index (κ1) is 9.20. The van der Waals surface area contributed by atoms with Crippen molar-refractivity contribution in [3.8, 4) is 0 Å². The van der Waals surface area contributed by atoms with Crippen molar-refractivity contribution in [1.82, 2.24) is 0 Å². The van der Waals surface area contributed by atoms with Gasteiger partial charge < -0.3 is 17.0 Å². The van der Waals surface area contributed by atoms with Crippen LogP contribution in [-0.2, 0) is 7.05 Å². The standard InChI is InChI=1S/C10H10N.BrH/c1-11-8-4-6-9-5-2-3-7-10(9)11;/h2-8H,1H3;1H/q+1;/p-1. The molecule has 1 aromatic carbocycles. The topological polar surface area (TPSA) is 3.88 Å². The molecule has 0 unspecified atom stereocenters. The molecule has 0 radical (unpaired) electrons. The van der Waals surface area contributed by atoms with Crippen LogP contribution in [-0.4, -0.2) is 0 Å². The zero-order valence-corrected chi connectivity index (χ0v) is 8.45. The lowest BCUT2D eigenvalue weighted by atomic mass is 10.2. The van der Waals surface area contributed by atoms with Gasteiger partial charge >= 0.3 is 0 Å².